The first kappa shape index (κ1) is 17.7. The van der Waals surface area contributed by atoms with Gasteiger partial charge < -0.3 is 9.88 Å². The van der Waals surface area contributed by atoms with Crippen molar-refractivity contribution in [2.24, 2.45) is 0 Å². The Morgan fingerprint density at radius 1 is 1.26 bits per heavy atom. The molecule has 3 aromatic heterocycles. The van der Waals surface area contributed by atoms with Gasteiger partial charge in [0.15, 0.2) is 20.7 Å². The van der Waals surface area contributed by atoms with Gasteiger partial charge in [-0.05, 0) is 36.2 Å². The fourth-order valence-electron chi connectivity index (χ4n) is 3.44. The van der Waals surface area contributed by atoms with E-state index in [9.17, 15) is 12.8 Å². The van der Waals surface area contributed by atoms with Crippen LogP contribution in [0, 0.1) is 12.7 Å². The minimum Gasteiger partial charge on any atom is -0.365 e. The monoisotopic (exact) mass is 386 g/mol. The Labute approximate surface area is 157 Å². The second kappa shape index (κ2) is 6.45. The first-order valence-corrected chi connectivity index (χ1v) is 10.4. The van der Waals surface area contributed by atoms with Crippen LogP contribution >= 0.6 is 0 Å². The first-order chi connectivity index (χ1) is 12.8. The zero-order chi connectivity index (χ0) is 19.2. The average molecular weight is 386 g/mol. The Kier molecular flexibility index (Phi) is 4.22. The number of halogens is 1. The van der Waals surface area contributed by atoms with Gasteiger partial charge in [0.05, 0.1) is 18.1 Å². The molecule has 0 radical (unpaired) electrons. The van der Waals surface area contributed by atoms with Gasteiger partial charge in [-0.25, -0.2) is 17.8 Å². The van der Waals surface area contributed by atoms with Gasteiger partial charge >= 0.3 is 0 Å². The third-order valence-corrected chi connectivity index (χ3v) is 5.81. The van der Waals surface area contributed by atoms with Crippen LogP contribution < -0.4 is 4.90 Å². The van der Waals surface area contributed by atoms with Crippen molar-refractivity contribution in [2.45, 2.75) is 24.9 Å². The smallest absolute Gasteiger partial charge is 0.192 e. The third-order valence-electron chi connectivity index (χ3n) is 4.83. The number of hydrogen-bond acceptors (Lipinski definition) is 5. The Morgan fingerprint density at radius 2 is 2.07 bits per heavy atom. The second-order valence-electron chi connectivity index (χ2n) is 6.80. The molecule has 1 N–H and O–H groups in total. The molecule has 0 atom stereocenters. The van der Waals surface area contributed by atoms with Crippen LogP contribution in [0.2, 0.25) is 0 Å². The highest BCUT2D eigenvalue weighted by Gasteiger charge is 2.22. The van der Waals surface area contributed by atoms with Gasteiger partial charge in [0.1, 0.15) is 0 Å². The van der Waals surface area contributed by atoms with Crippen molar-refractivity contribution in [1.82, 2.24) is 15.0 Å². The van der Waals surface area contributed by atoms with Crippen LogP contribution in [-0.2, 0) is 22.8 Å². The van der Waals surface area contributed by atoms with Crippen molar-refractivity contribution in [3.05, 3.63) is 59.4 Å². The molecule has 0 spiro atoms. The number of anilines is 1. The van der Waals surface area contributed by atoms with E-state index in [1.165, 1.54) is 6.20 Å². The topological polar surface area (TPSA) is 79.0 Å². The number of nitrogens with zero attached hydrogens (tertiary/aromatic N) is 3. The standard InChI is InChI=1S/C19H19FN4O2S/c1-12-7-19(27(2,25)26)22-10-18(12)24-6-4-16-13(11-24)8-17(23-16)14-3-5-21-9-15(14)20/h3,5,7-10,23H,4,6,11H2,1-2H3. The molecule has 3 aromatic rings. The van der Waals surface area contributed by atoms with Crippen molar-refractivity contribution in [3.8, 4) is 11.3 Å². The van der Waals surface area contributed by atoms with Crippen molar-refractivity contribution < 1.29 is 12.8 Å². The normalized spacial score (nSPS) is 14.3. The molecule has 0 saturated heterocycles. The molecule has 0 amide bonds. The molecular formula is C19H19FN4O2S. The number of fused-ring (bicyclic) bond motifs is 1. The van der Waals surface area contributed by atoms with Crippen molar-refractivity contribution in [2.75, 3.05) is 17.7 Å². The molecular weight excluding hydrogens is 367 g/mol. The van der Waals surface area contributed by atoms with Crippen LogP contribution in [0.5, 0.6) is 0 Å². The number of hydrogen-bond donors (Lipinski definition) is 1. The highest BCUT2D eigenvalue weighted by atomic mass is 32.2. The van der Waals surface area contributed by atoms with Gasteiger partial charge in [-0.3, -0.25) is 4.98 Å². The average Bonchev–Trinajstić information content (AvgIpc) is 3.04. The number of aryl methyl sites for hydroxylation is 1. The summed E-state index contributed by atoms with van der Waals surface area (Å²) < 4.78 is 37.4. The second-order valence-corrected chi connectivity index (χ2v) is 8.76. The van der Waals surface area contributed by atoms with Crippen molar-refractivity contribution in [1.29, 1.82) is 0 Å². The summed E-state index contributed by atoms with van der Waals surface area (Å²) in [5.74, 6) is -0.357. The Balaban J connectivity index is 1.63. The number of rotatable bonds is 3. The number of H-pyrrole nitrogens is 1. The zero-order valence-electron chi connectivity index (χ0n) is 15.0. The quantitative estimate of drug-likeness (QED) is 0.749. The predicted octanol–water partition coefficient (Wildman–Crippen LogP) is 2.89. The fraction of sp³-hybridized carbons (Fsp3) is 0.263. The van der Waals surface area contributed by atoms with Crippen molar-refractivity contribution >= 4 is 15.5 Å². The Bertz CT molecular complexity index is 1120. The molecule has 1 aliphatic rings. The summed E-state index contributed by atoms with van der Waals surface area (Å²) in [6.45, 7) is 3.31. The maximum Gasteiger partial charge on any atom is 0.192 e. The SMILES string of the molecule is Cc1cc(S(C)(=O)=O)ncc1N1CCc2[nH]c(-c3ccncc3F)cc2C1. The minimum atomic E-state index is -3.33. The summed E-state index contributed by atoms with van der Waals surface area (Å²) in [4.78, 5) is 13.4. The lowest BCUT2D eigenvalue weighted by Gasteiger charge is -2.30. The summed E-state index contributed by atoms with van der Waals surface area (Å²) >= 11 is 0. The molecule has 0 bridgehead atoms. The third kappa shape index (κ3) is 3.32. The van der Waals surface area contributed by atoms with Gasteiger partial charge in [0.2, 0.25) is 0 Å². The van der Waals surface area contributed by atoms with Gasteiger partial charge in [-0.2, -0.15) is 0 Å². The fourth-order valence-corrected chi connectivity index (χ4v) is 4.07. The van der Waals surface area contributed by atoms with E-state index in [4.69, 9.17) is 0 Å². The zero-order valence-corrected chi connectivity index (χ0v) is 15.8. The van der Waals surface area contributed by atoms with E-state index in [1.807, 2.05) is 13.0 Å². The predicted molar refractivity (Wildman–Crippen MR) is 101 cm³/mol. The molecule has 27 heavy (non-hydrogen) atoms. The van der Waals surface area contributed by atoms with E-state index >= 15 is 0 Å². The molecule has 0 unspecified atom stereocenters. The van der Waals surface area contributed by atoms with E-state index in [-0.39, 0.29) is 10.8 Å². The maximum absolute atomic E-state index is 14.0. The lowest BCUT2D eigenvalue weighted by Crippen LogP contribution is -2.30. The number of aromatic amines is 1. The van der Waals surface area contributed by atoms with E-state index in [0.29, 0.717) is 12.1 Å². The molecule has 140 valence electrons. The van der Waals surface area contributed by atoms with Crippen LogP contribution in [-0.4, -0.2) is 36.2 Å². The highest BCUT2D eigenvalue weighted by molar-refractivity contribution is 7.90. The van der Waals surface area contributed by atoms with Gasteiger partial charge in [-0.1, -0.05) is 0 Å². The molecule has 0 aromatic carbocycles. The van der Waals surface area contributed by atoms with Crippen molar-refractivity contribution in [3.63, 3.8) is 0 Å². The first-order valence-electron chi connectivity index (χ1n) is 8.55. The summed E-state index contributed by atoms with van der Waals surface area (Å²) in [6, 6.07) is 5.23. The number of nitrogens with one attached hydrogen (secondary N) is 1. The molecule has 4 rings (SSSR count). The number of aromatic nitrogens is 3. The minimum absolute atomic E-state index is 0.0820. The summed E-state index contributed by atoms with van der Waals surface area (Å²) in [6.07, 6.45) is 6.34. The van der Waals surface area contributed by atoms with Gasteiger partial charge in [0.25, 0.3) is 0 Å². The maximum atomic E-state index is 14.0. The van der Waals surface area contributed by atoms with Crippen LogP contribution in [0.15, 0.2) is 41.8 Å². The lowest BCUT2D eigenvalue weighted by atomic mass is 10.1. The molecule has 8 heteroatoms. The molecule has 1 aliphatic heterocycles. The number of sulfone groups is 1. The highest BCUT2D eigenvalue weighted by Crippen LogP contribution is 2.31. The number of pyridine rings is 2. The lowest BCUT2D eigenvalue weighted by molar-refractivity contribution is 0.598. The van der Waals surface area contributed by atoms with Crippen LogP contribution in [0.4, 0.5) is 10.1 Å². The summed E-state index contributed by atoms with van der Waals surface area (Å²) in [5.41, 5.74) is 5.20. The largest absolute Gasteiger partial charge is 0.365 e. The summed E-state index contributed by atoms with van der Waals surface area (Å²) in [5, 5.41) is 0.0820. The molecule has 0 saturated carbocycles. The molecule has 0 aliphatic carbocycles. The van der Waals surface area contributed by atoms with Gasteiger partial charge in [0, 0.05) is 48.9 Å². The van der Waals surface area contributed by atoms with Crippen LogP contribution in [0.3, 0.4) is 0 Å². The summed E-state index contributed by atoms with van der Waals surface area (Å²) in [7, 11) is -3.33. The van der Waals surface area contributed by atoms with E-state index in [0.717, 1.165) is 47.4 Å². The Hall–Kier alpha value is -2.74. The van der Waals surface area contributed by atoms with E-state index in [2.05, 4.69) is 19.9 Å². The molecule has 4 heterocycles. The molecule has 6 nitrogen and oxygen atoms in total. The van der Waals surface area contributed by atoms with E-state index in [1.54, 1.807) is 24.5 Å². The Morgan fingerprint density at radius 3 is 2.78 bits per heavy atom. The van der Waals surface area contributed by atoms with Gasteiger partial charge in [-0.15, -0.1) is 0 Å². The van der Waals surface area contributed by atoms with Crippen LogP contribution in [0.1, 0.15) is 16.8 Å². The van der Waals surface area contributed by atoms with E-state index < -0.39 is 9.84 Å². The molecule has 0 fully saturated rings. The van der Waals surface area contributed by atoms with Crippen LogP contribution in [0.25, 0.3) is 11.3 Å².